The van der Waals surface area contributed by atoms with Crippen LogP contribution in [-0.2, 0) is 0 Å². The topological polar surface area (TPSA) is 81.7 Å². The fourth-order valence-electron chi connectivity index (χ4n) is 3.62. The van der Waals surface area contributed by atoms with E-state index >= 15 is 0 Å². The molecule has 0 spiro atoms. The number of phenols is 1. The Balaban J connectivity index is 1.85. The van der Waals surface area contributed by atoms with Crippen molar-refractivity contribution < 1.29 is 5.11 Å². The molecule has 0 heterocycles. The Bertz CT molecular complexity index is 1000. The first kappa shape index (κ1) is 21.6. The lowest BCUT2D eigenvalue weighted by atomic mass is 9.84. The highest BCUT2D eigenvalue weighted by atomic mass is 35.5. The summed E-state index contributed by atoms with van der Waals surface area (Å²) in [5.74, 6) is 2.92. The zero-order valence-corrected chi connectivity index (χ0v) is 18.0. The molecule has 1 unspecified atom stereocenters. The molecule has 3 N–H and O–H groups in total. The van der Waals surface area contributed by atoms with Gasteiger partial charge in [0, 0.05) is 0 Å². The van der Waals surface area contributed by atoms with Gasteiger partial charge in [0.1, 0.15) is 11.4 Å². The Morgan fingerprint density at radius 2 is 1.86 bits per heavy atom. The maximum Gasteiger partial charge on any atom is 0.253 e. The lowest BCUT2D eigenvalue weighted by molar-refractivity contribution is 0.347. The van der Waals surface area contributed by atoms with Gasteiger partial charge in [-0.25, -0.2) is 0 Å². The number of nitrogens with one attached hydrogen (secondary N) is 2. The van der Waals surface area contributed by atoms with Crippen molar-refractivity contribution in [3.05, 3.63) is 37.6 Å². The van der Waals surface area contributed by atoms with Gasteiger partial charge in [-0.2, -0.15) is 0 Å². The first-order valence-electron chi connectivity index (χ1n) is 9.53. The van der Waals surface area contributed by atoms with Crippen molar-refractivity contribution in [3.8, 4) is 18.1 Å². The Morgan fingerprint density at radius 1 is 1.21 bits per heavy atom. The number of terminal acetylenes is 1. The minimum Gasteiger partial charge on any atom is -0.505 e. The first-order valence-corrected chi connectivity index (χ1v) is 10.7. The van der Waals surface area contributed by atoms with Gasteiger partial charge in [-0.1, -0.05) is 36.8 Å². The van der Waals surface area contributed by atoms with Crippen LogP contribution in [-0.4, -0.2) is 29.5 Å². The molecule has 1 fully saturated rings. The van der Waals surface area contributed by atoms with Gasteiger partial charge in [0.2, 0.25) is 0 Å². The second-order valence-corrected chi connectivity index (χ2v) is 9.12. The molecular formula is C21H24ClN3O3S. The summed E-state index contributed by atoms with van der Waals surface area (Å²) in [5.41, 5.74) is -0.643. The van der Waals surface area contributed by atoms with Gasteiger partial charge < -0.3 is 15.7 Å². The van der Waals surface area contributed by atoms with Gasteiger partial charge >= 0.3 is 0 Å². The number of hydrogen-bond acceptors (Lipinski definition) is 7. The van der Waals surface area contributed by atoms with Gasteiger partial charge in [-0.3, -0.25) is 13.9 Å². The smallest absolute Gasteiger partial charge is 0.253 e. The molecule has 0 radical (unpaired) electrons. The van der Waals surface area contributed by atoms with Gasteiger partial charge in [0.15, 0.2) is 5.75 Å². The lowest BCUT2D eigenvalue weighted by Gasteiger charge is -2.29. The molecule has 0 saturated heterocycles. The van der Waals surface area contributed by atoms with Crippen LogP contribution in [0.15, 0.2) is 26.6 Å². The highest BCUT2D eigenvalue weighted by Gasteiger charge is 2.28. The molecule has 6 nitrogen and oxygen atoms in total. The highest BCUT2D eigenvalue weighted by molar-refractivity contribution is 7.97. The molecule has 29 heavy (non-hydrogen) atoms. The van der Waals surface area contributed by atoms with Crippen LogP contribution in [0.5, 0.6) is 5.75 Å². The maximum absolute atomic E-state index is 12.2. The van der Waals surface area contributed by atoms with E-state index in [1.54, 1.807) is 16.4 Å². The number of anilines is 3. The number of hydrogen-bond donors (Lipinski definition) is 3. The van der Waals surface area contributed by atoms with Crippen LogP contribution in [0.1, 0.15) is 32.1 Å². The predicted molar refractivity (Wildman–Crippen MR) is 120 cm³/mol. The number of aromatic hydroxyl groups is 1. The van der Waals surface area contributed by atoms with Crippen LogP contribution in [0.4, 0.5) is 17.1 Å². The van der Waals surface area contributed by atoms with E-state index in [0.29, 0.717) is 15.6 Å². The molecule has 1 aliphatic carbocycles. The average Bonchev–Trinajstić information content (AvgIpc) is 2.72. The van der Waals surface area contributed by atoms with E-state index < -0.39 is 10.9 Å². The predicted octanol–water partition coefficient (Wildman–Crippen LogP) is 3.95. The first-order chi connectivity index (χ1) is 13.8. The molecule has 8 heteroatoms. The Labute approximate surface area is 179 Å². The Morgan fingerprint density at radius 3 is 2.48 bits per heavy atom. The SMILES string of the molecule is C#CC(Nc1c(Nc2ccc(Cl)c(SN(C)C)c2O)c(=O)c1=O)C1CCCCC1. The molecule has 2 aromatic rings. The van der Waals surface area contributed by atoms with Crippen LogP contribution in [0, 0.1) is 18.3 Å². The molecule has 1 saturated carbocycles. The molecule has 0 bridgehead atoms. The summed E-state index contributed by atoms with van der Waals surface area (Å²) in [6, 6.07) is 2.89. The standard InChI is InChI=1S/C21H24ClN3O3S/c1-4-14(12-8-6-5-7-9-12)23-16-17(20(28)19(16)27)24-15-11-10-13(22)21(18(15)26)29-25(2)3/h1,10-12,14,23-24,26H,5-9H2,2-3H3. The van der Waals surface area contributed by atoms with Crippen molar-refractivity contribution in [2.24, 2.45) is 5.92 Å². The van der Waals surface area contributed by atoms with Crippen molar-refractivity contribution in [3.63, 3.8) is 0 Å². The summed E-state index contributed by atoms with van der Waals surface area (Å²) in [5, 5.41) is 17.0. The number of halogens is 1. The molecule has 0 aromatic heterocycles. The molecule has 2 aromatic carbocycles. The normalized spacial score (nSPS) is 16.0. The Hall–Kier alpha value is -2.14. The number of nitrogens with zero attached hydrogens (tertiary/aromatic N) is 1. The quantitative estimate of drug-likeness (QED) is 0.264. The van der Waals surface area contributed by atoms with Crippen molar-refractivity contribution in [1.29, 1.82) is 0 Å². The van der Waals surface area contributed by atoms with E-state index in [-0.39, 0.29) is 29.1 Å². The fourth-order valence-corrected chi connectivity index (χ4v) is 4.59. The average molecular weight is 434 g/mol. The third-order valence-electron chi connectivity index (χ3n) is 5.13. The highest BCUT2D eigenvalue weighted by Crippen LogP contribution is 2.42. The summed E-state index contributed by atoms with van der Waals surface area (Å²) < 4.78 is 1.79. The van der Waals surface area contributed by atoms with Crippen LogP contribution in [0.25, 0.3) is 0 Å². The van der Waals surface area contributed by atoms with Gasteiger partial charge in [-0.05, 0) is 56.9 Å². The third-order valence-corrected chi connectivity index (χ3v) is 6.52. The summed E-state index contributed by atoms with van der Waals surface area (Å²) in [7, 11) is 3.65. The van der Waals surface area contributed by atoms with Gasteiger partial charge in [0.25, 0.3) is 10.9 Å². The van der Waals surface area contributed by atoms with Crippen LogP contribution < -0.4 is 21.5 Å². The minimum absolute atomic E-state index is 0.0871. The molecular weight excluding hydrogens is 410 g/mol. The largest absolute Gasteiger partial charge is 0.505 e. The summed E-state index contributed by atoms with van der Waals surface area (Å²) >= 11 is 7.44. The van der Waals surface area contributed by atoms with E-state index in [2.05, 4.69) is 16.6 Å². The molecule has 1 aliphatic rings. The van der Waals surface area contributed by atoms with Crippen molar-refractivity contribution in [1.82, 2.24) is 4.31 Å². The summed E-state index contributed by atoms with van der Waals surface area (Å²) in [6.45, 7) is 0. The van der Waals surface area contributed by atoms with Crippen LogP contribution >= 0.6 is 23.5 Å². The lowest BCUT2D eigenvalue weighted by Crippen LogP contribution is -2.41. The molecule has 3 rings (SSSR count). The van der Waals surface area contributed by atoms with E-state index in [9.17, 15) is 14.7 Å². The van der Waals surface area contributed by atoms with E-state index in [1.165, 1.54) is 18.4 Å². The number of phenolic OH excluding ortho intramolecular Hbond substituents is 1. The van der Waals surface area contributed by atoms with E-state index in [4.69, 9.17) is 18.0 Å². The molecule has 0 aliphatic heterocycles. The molecule has 154 valence electrons. The van der Waals surface area contributed by atoms with Gasteiger partial charge in [0.05, 0.1) is 21.6 Å². The zero-order chi connectivity index (χ0) is 21.1. The maximum atomic E-state index is 12.2. The zero-order valence-electron chi connectivity index (χ0n) is 16.4. The van der Waals surface area contributed by atoms with Crippen molar-refractivity contribution in [2.75, 3.05) is 24.7 Å². The number of rotatable bonds is 7. The third kappa shape index (κ3) is 4.55. The molecule has 1 atom stereocenters. The molecule has 0 amide bonds. The van der Waals surface area contributed by atoms with E-state index in [0.717, 1.165) is 25.7 Å². The van der Waals surface area contributed by atoms with Crippen LogP contribution in [0.2, 0.25) is 5.02 Å². The van der Waals surface area contributed by atoms with Crippen LogP contribution in [0.3, 0.4) is 0 Å². The van der Waals surface area contributed by atoms with Gasteiger partial charge in [-0.15, -0.1) is 6.42 Å². The second kappa shape index (κ2) is 9.12. The summed E-state index contributed by atoms with van der Waals surface area (Å²) in [6.07, 6.45) is 11.1. The van der Waals surface area contributed by atoms with Crippen molar-refractivity contribution in [2.45, 2.75) is 43.0 Å². The summed E-state index contributed by atoms with van der Waals surface area (Å²) in [4.78, 5) is 24.8. The monoisotopic (exact) mass is 433 g/mol. The van der Waals surface area contributed by atoms with E-state index in [1.807, 2.05) is 14.1 Å². The minimum atomic E-state index is -0.636. The fraction of sp³-hybridized carbons (Fsp3) is 0.429. The van der Waals surface area contributed by atoms with Crippen molar-refractivity contribution >= 4 is 40.6 Å². The number of benzene rings is 1. The second-order valence-electron chi connectivity index (χ2n) is 7.40. The Kier molecular flexibility index (Phi) is 6.78.